The Bertz CT molecular complexity index is 334. The van der Waals surface area contributed by atoms with Crippen LogP contribution in [0.4, 0.5) is 0 Å². The lowest BCUT2D eigenvalue weighted by Gasteiger charge is -2.39. The summed E-state index contributed by atoms with van der Waals surface area (Å²) in [4.78, 5) is 4.02. The Balaban J connectivity index is 1.75. The van der Waals surface area contributed by atoms with Crippen molar-refractivity contribution in [3.05, 3.63) is 12.2 Å². The quantitative estimate of drug-likeness (QED) is 0.873. The molecule has 0 spiro atoms. The summed E-state index contributed by atoms with van der Waals surface area (Å²) in [5.41, 5.74) is 0.474. The third-order valence-electron chi connectivity index (χ3n) is 3.58. The van der Waals surface area contributed by atoms with E-state index < -0.39 is 0 Å². The average Bonchev–Trinajstić information content (AvgIpc) is 2.67. The Morgan fingerprint density at radius 1 is 1.47 bits per heavy atom. The van der Waals surface area contributed by atoms with Crippen molar-refractivity contribution in [2.24, 2.45) is 11.3 Å². The molecule has 4 heteroatoms. The fourth-order valence-electron chi connectivity index (χ4n) is 3.19. The van der Waals surface area contributed by atoms with Gasteiger partial charge in [-0.15, -0.1) is 0 Å². The van der Waals surface area contributed by atoms with Crippen molar-refractivity contribution in [1.29, 1.82) is 0 Å². The third-order valence-corrected chi connectivity index (χ3v) is 3.58. The smallest absolute Gasteiger partial charge is 0.213 e. The van der Waals surface area contributed by atoms with Gasteiger partial charge >= 0.3 is 0 Å². The normalized spacial score (nSPS) is 28.2. The lowest BCUT2D eigenvalue weighted by atomic mass is 9.70. The summed E-state index contributed by atoms with van der Waals surface area (Å²) < 4.78 is 4.72. The van der Waals surface area contributed by atoms with E-state index in [1.54, 1.807) is 0 Å². The van der Waals surface area contributed by atoms with Crippen LogP contribution in [0.5, 0.6) is 0 Å². The largest absolute Gasteiger partial charge is 0.343 e. The summed E-state index contributed by atoms with van der Waals surface area (Å²) in [5, 5.41) is 7.44. The van der Waals surface area contributed by atoms with Gasteiger partial charge in [0.25, 0.3) is 0 Å². The van der Waals surface area contributed by atoms with E-state index in [4.69, 9.17) is 4.52 Å². The standard InChI is InChI=1S/C13H23N3O/c1-10-6-11(8-13(2,3)7-10)14-5-4-12-15-9-17-16-12/h9-11,14H,4-8H2,1-3H3. The van der Waals surface area contributed by atoms with Crippen LogP contribution in [0.15, 0.2) is 10.9 Å². The topological polar surface area (TPSA) is 51.0 Å². The van der Waals surface area contributed by atoms with Crippen molar-refractivity contribution in [3.63, 3.8) is 0 Å². The summed E-state index contributed by atoms with van der Waals surface area (Å²) in [5.74, 6) is 1.61. The van der Waals surface area contributed by atoms with E-state index in [0.717, 1.165) is 24.7 Å². The second-order valence-corrected chi connectivity index (χ2v) is 6.16. The lowest BCUT2D eigenvalue weighted by molar-refractivity contribution is 0.152. The van der Waals surface area contributed by atoms with Gasteiger partial charge in [-0.3, -0.25) is 0 Å². The lowest BCUT2D eigenvalue weighted by Crippen LogP contribution is -2.40. The number of aromatic nitrogens is 2. The zero-order chi connectivity index (χ0) is 12.3. The molecule has 0 radical (unpaired) electrons. The summed E-state index contributed by atoms with van der Waals surface area (Å²) in [7, 11) is 0. The van der Waals surface area contributed by atoms with Crippen molar-refractivity contribution in [1.82, 2.24) is 15.5 Å². The fraction of sp³-hybridized carbons (Fsp3) is 0.846. The third kappa shape index (κ3) is 3.80. The van der Waals surface area contributed by atoms with Gasteiger partial charge in [-0.1, -0.05) is 25.9 Å². The van der Waals surface area contributed by atoms with Gasteiger partial charge in [0.2, 0.25) is 6.39 Å². The van der Waals surface area contributed by atoms with Crippen molar-refractivity contribution >= 4 is 0 Å². The molecule has 0 amide bonds. The zero-order valence-electron chi connectivity index (χ0n) is 11.1. The molecule has 1 heterocycles. The molecule has 1 N–H and O–H groups in total. The molecule has 2 rings (SSSR count). The Labute approximate surface area is 103 Å². The van der Waals surface area contributed by atoms with Gasteiger partial charge in [0, 0.05) is 19.0 Å². The zero-order valence-corrected chi connectivity index (χ0v) is 11.1. The van der Waals surface area contributed by atoms with Crippen LogP contribution in [0, 0.1) is 11.3 Å². The summed E-state index contributed by atoms with van der Waals surface area (Å²) in [6, 6.07) is 0.639. The van der Waals surface area contributed by atoms with Crippen molar-refractivity contribution in [2.75, 3.05) is 6.54 Å². The van der Waals surface area contributed by atoms with Crippen LogP contribution in [0.2, 0.25) is 0 Å². The second-order valence-electron chi connectivity index (χ2n) is 6.16. The van der Waals surface area contributed by atoms with E-state index in [1.165, 1.54) is 25.7 Å². The number of hydrogen-bond acceptors (Lipinski definition) is 4. The summed E-state index contributed by atoms with van der Waals surface area (Å²) in [6.45, 7) is 8.04. The number of rotatable bonds is 4. The van der Waals surface area contributed by atoms with Crippen LogP contribution < -0.4 is 5.32 Å². The first-order valence-corrected chi connectivity index (χ1v) is 6.54. The molecule has 1 saturated carbocycles. The maximum Gasteiger partial charge on any atom is 0.213 e. The molecule has 96 valence electrons. The predicted octanol–water partition coefficient (Wildman–Crippen LogP) is 2.42. The van der Waals surface area contributed by atoms with Gasteiger partial charge in [0.05, 0.1) is 0 Å². The number of nitrogens with one attached hydrogen (secondary N) is 1. The van der Waals surface area contributed by atoms with Crippen molar-refractivity contribution in [3.8, 4) is 0 Å². The van der Waals surface area contributed by atoms with Crippen molar-refractivity contribution in [2.45, 2.75) is 52.5 Å². The van der Waals surface area contributed by atoms with Crippen LogP contribution in [-0.4, -0.2) is 22.7 Å². The molecule has 0 aromatic carbocycles. The molecule has 0 saturated heterocycles. The highest BCUT2D eigenvalue weighted by Gasteiger charge is 2.31. The van der Waals surface area contributed by atoms with Gasteiger partial charge < -0.3 is 9.84 Å². The molecule has 0 bridgehead atoms. The maximum absolute atomic E-state index is 4.72. The minimum Gasteiger partial charge on any atom is -0.343 e. The first-order chi connectivity index (χ1) is 8.05. The molecule has 2 atom stereocenters. The molecular weight excluding hydrogens is 214 g/mol. The Hall–Kier alpha value is -0.900. The van der Waals surface area contributed by atoms with Crippen LogP contribution >= 0.6 is 0 Å². The molecule has 17 heavy (non-hydrogen) atoms. The Kier molecular flexibility index (Phi) is 3.82. The van der Waals surface area contributed by atoms with E-state index >= 15 is 0 Å². The van der Waals surface area contributed by atoms with E-state index in [9.17, 15) is 0 Å². The summed E-state index contributed by atoms with van der Waals surface area (Å²) >= 11 is 0. The highest BCUT2D eigenvalue weighted by molar-refractivity contribution is 4.87. The summed E-state index contributed by atoms with van der Waals surface area (Å²) in [6.07, 6.45) is 6.14. The SMILES string of the molecule is CC1CC(NCCc2ncon2)CC(C)(C)C1. The van der Waals surface area contributed by atoms with E-state index in [2.05, 4.69) is 36.2 Å². The first-order valence-electron chi connectivity index (χ1n) is 6.54. The van der Waals surface area contributed by atoms with Crippen LogP contribution in [0.1, 0.15) is 45.9 Å². The van der Waals surface area contributed by atoms with Gasteiger partial charge in [-0.2, -0.15) is 4.98 Å². The minimum absolute atomic E-state index is 0.474. The van der Waals surface area contributed by atoms with Crippen molar-refractivity contribution < 1.29 is 4.52 Å². The molecule has 1 aromatic rings. The molecule has 0 aliphatic heterocycles. The second kappa shape index (κ2) is 5.17. The highest BCUT2D eigenvalue weighted by Crippen LogP contribution is 2.38. The Morgan fingerprint density at radius 3 is 2.94 bits per heavy atom. The monoisotopic (exact) mass is 237 g/mol. The molecular formula is C13H23N3O. The van der Waals surface area contributed by atoms with E-state index in [0.29, 0.717) is 11.5 Å². The maximum atomic E-state index is 4.72. The predicted molar refractivity (Wildman–Crippen MR) is 66.6 cm³/mol. The molecule has 2 unspecified atom stereocenters. The van der Waals surface area contributed by atoms with Crippen LogP contribution in [-0.2, 0) is 6.42 Å². The van der Waals surface area contributed by atoms with E-state index in [-0.39, 0.29) is 0 Å². The molecule has 1 aliphatic rings. The van der Waals surface area contributed by atoms with Gasteiger partial charge in [0.15, 0.2) is 5.82 Å². The molecule has 1 fully saturated rings. The average molecular weight is 237 g/mol. The molecule has 1 aromatic heterocycles. The van der Waals surface area contributed by atoms with Gasteiger partial charge in [0.1, 0.15) is 0 Å². The first kappa shape index (κ1) is 12.6. The van der Waals surface area contributed by atoms with E-state index in [1.807, 2.05) is 0 Å². The highest BCUT2D eigenvalue weighted by atomic mass is 16.5. The van der Waals surface area contributed by atoms with Gasteiger partial charge in [-0.05, 0) is 30.6 Å². The Morgan fingerprint density at radius 2 is 2.29 bits per heavy atom. The fourth-order valence-corrected chi connectivity index (χ4v) is 3.19. The number of hydrogen-bond donors (Lipinski definition) is 1. The molecule has 4 nitrogen and oxygen atoms in total. The van der Waals surface area contributed by atoms with Crippen LogP contribution in [0.3, 0.4) is 0 Å². The minimum atomic E-state index is 0.474. The number of nitrogens with zero attached hydrogens (tertiary/aromatic N) is 2. The van der Waals surface area contributed by atoms with Crippen LogP contribution in [0.25, 0.3) is 0 Å². The van der Waals surface area contributed by atoms with Gasteiger partial charge in [-0.25, -0.2) is 0 Å². The molecule has 1 aliphatic carbocycles.